The van der Waals surface area contributed by atoms with Crippen molar-refractivity contribution in [2.24, 2.45) is 0 Å². The molecule has 2 N–H and O–H groups in total. The van der Waals surface area contributed by atoms with Gasteiger partial charge in [0.1, 0.15) is 0 Å². The van der Waals surface area contributed by atoms with Crippen LogP contribution in [0.1, 0.15) is 52.8 Å². The Morgan fingerprint density at radius 1 is 0.929 bits per heavy atom. The Hall–Kier alpha value is -2.71. The van der Waals surface area contributed by atoms with Gasteiger partial charge in [-0.1, -0.05) is 37.5 Å². The van der Waals surface area contributed by atoms with Gasteiger partial charge in [0.05, 0.1) is 10.9 Å². The minimum atomic E-state index is -3.71. The molecule has 3 rings (SSSR count). The average Bonchev–Trinajstić information content (AvgIpc) is 2.69. The van der Waals surface area contributed by atoms with Crippen LogP contribution in [-0.4, -0.2) is 26.3 Å². The van der Waals surface area contributed by atoms with Gasteiger partial charge in [0, 0.05) is 17.3 Å². The molecule has 7 nitrogen and oxygen atoms in total. The maximum Gasteiger partial charge on any atom is 0.255 e. The van der Waals surface area contributed by atoms with Crippen LogP contribution in [0.4, 0.5) is 5.69 Å². The zero-order valence-electron chi connectivity index (χ0n) is 15.2. The maximum absolute atomic E-state index is 12.6. The standard InChI is InChI=1S/C20H22N2O5S/c23-19(21-16-11-9-14(10-12-16)20(24)25)15-5-4-8-18(13-15)28(26,27)22-17-6-2-1-3-7-17/h4-5,8-13,17,22H,1-3,6-7H2,(H,21,23)(H,24,25)/p-1. The number of carbonyl (C=O) groups is 2. The Morgan fingerprint density at radius 2 is 1.61 bits per heavy atom. The fourth-order valence-corrected chi connectivity index (χ4v) is 4.56. The van der Waals surface area contributed by atoms with E-state index in [0.717, 1.165) is 32.1 Å². The second-order valence-corrected chi connectivity index (χ2v) is 8.52. The molecule has 1 saturated carbocycles. The molecule has 0 aromatic heterocycles. The van der Waals surface area contributed by atoms with Gasteiger partial charge < -0.3 is 15.2 Å². The van der Waals surface area contributed by atoms with E-state index >= 15 is 0 Å². The normalized spacial score (nSPS) is 15.1. The fraction of sp³-hybridized carbons (Fsp3) is 0.300. The van der Waals surface area contributed by atoms with Crippen LogP contribution in [0.15, 0.2) is 53.4 Å². The lowest BCUT2D eigenvalue weighted by atomic mass is 9.96. The molecule has 1 aliphatic rings. The average molecular weight is 401 g/mol. The van der Waals surface area contributed by atoms with Crippen molar-refractivity contribution >= 4 is 27.6 Å². The van der Waals surface area contributed by atoms with E-state index in [1.807, 2.05) is 0 Å². The van der Waals surface area contributed by atoms with Gasteiger partial charge >= 0.3 is 0 Å². The summed E-state index contributed by atoms with van der Waals surface area (Å²) in [6.07, 6.45) is 4.78. The number of hydrogen-bond acceptors (Lipinski definition) is 5. The fourth-order valence-electron chi connectivity index (χ4n) is 3.21. The van der Waals surface area contributed by atoms with Gasteiger partial charge in [-0.05, 0) is 48.7 Å². The number of hydrogen-bond donors (Lipinski definition) is 2. The highest BCUT2D eigenvalue weighted by Gasteiger charge is 2.22. The summed E-state index contributed by atoms with van der Waals surface area (Å²) in [5.74, 6) is -1.79. The molecule has 2 aromatic rings. The Balaban J connectivity index is 1.72. The van der Waals surface area contributed by atoms with Gasteiger partial charge in [-0.15, -0.1) is 0 Å². The number of carbonyl (C=O) groups excluding carboxylic acids is 2. The number of sulfonamides is 1. The molecule has 1 aliphatic carbocycles. The molecule has 0 atom stereocenters. The molecule has 8 heteroatoms. The lowest BCUT2D eigenvalue weighted by Gasteiger charge is -2.22. The maximum atomic E-state index is 12.6. The van der Waals surface area contributed by atoms with Crippen LogP contribution in [0.5, 0.6) is 0 Å². The van der Waals surface area contributed by atoms with Crippen molar-refractivity contribution in [2.75, 3.05) is 5.32 Å². The molecule has 0 saturated heterocycles. The highest BCUT2D eigenvalue weighted by molar-refractivity contribution is 7.89. The van der Waals surface area contributed by atoms with Crippen LogP contribution >= 0.6 is 0 Å². The molecule has 1 fully saturated rings. The molecular formula is C20H21N2O5S-. The number of anilines is 1. The predicted octanol–water partition coefficient (Wildman–Crippen LogP) is 1.91. The molecular weight excluding hydrogens is 380 g/mol. The number of carboxylic acid groups (broad SMARTS) is 1. The number of rotatable bonds is 6. The summed E-state index contributed by atoms with van der Waals surface area (Å²) in [6.45, 7) is 0. The van der Waals surface area contributed by atoms with Crippen molar-refractivity contribution in [3.63, 3.8) is 0 Å². The van der Waals surface area contributed by atoms with Gasteiger partial charge in [0.2, 0.25) is 10.0 Å². The highest BCUT2D eigenvalue weighted by Crippen LogP contribution is 2.21. The first-order chi connectivity index (χ1) is 13.3. The summed E-state index contributed by atoms with van der Waals surface area (Å²) < 4.78 is 28.0. The Bertz CT molecular complexity index is 964. The van der Waals surface area contributed by atoms with Crippen LogP contribution in [0, 0.1) is 0 Å². The first-order valence-corrected chi connectivity index (χ1v) is 10.6. The molecule has 0 unspecified atom stereocenters. The van der Waals surface area contributed by atoms with Gasteiger partial charge in [0.25, 0.3) is 5.91 Å². The van der Waals surface area contributed by atoms with Crippen molar-refractivity contribution in [1.82, 2.24) is 4.72 Å². The van der Waals surface area contributed by atoms with Crippen molar-refractivity contribution < 1.29 is 23.1 Å². The van der Waals surface area contributed by atoms with E-state index < -0.39 is 21.9 Å². The van der Waals surface area contributed by atoms with Gasteiger partial charge in [-0.3, -0.25) is 4.79 Å². The van der Waals surface area contributed by atoms with E-state index in [4.69, 9.17) is 0 Å². The lowest BCUT2D eigenvalue weighted by Crippen LogP contribution is -2.36. The van der Waals surface area contributed by atoms with Crippen LogP contribution < -0.4 is 15.1 Å². The van der Waals surface area contributed by atoms with Crippen LogP contribution in [-0.2, 0) is 10.0 Å². The summed E-state index contributed by atoms with van der Waals surface area (Å²) in [5.41, 5.74) is 0.582. The third kappa shape index (κ3) is 4.96. The minimum Gasteiger partial charge on any atom is -0.545 e. The first kappa shape index (κ1) is 20.0. The monoisotopic (exact) mass is 401 g/mol. The van der Waals surface area contributed by atoms with Crippen LogP contribution in [0.2, 0.25) is 0 Å². The summed E-state index contributed by atoms with van der Waals surface area (Å²) in [5, 5.41) is 13.4. The number of benzene rings is 2. The summed E-state index contributed by atoms with van der Waals surface area (Å²) in [7, 11) is -3.71. The highest BCUT2D eigenvalue weighted by atomic mass is 32.2. The molecule has 148 valence electrons. The van der Waals surface area contributed by atoms with Crippen molar-refractivity contribution in [3.05, 3.63) is 59.7 Å². The quantitative estimate of drug-likeness (QED) is 0.767. The molecule has 28 heavy (non-hydrogen) atoms. The summed E-state index contributed by atoms with van der Waals surface area (Å²) >= 11 is 0. The van der Waals surface area contributed by atoms with Gasteiger partial charge in [-0.25, -0.2) is 13.1 Å². The Kier molecular flexibility index (Phi) is 6.11. The van der Waals surface area contributed by atoms with Crippen molar-refractivity contribution in [2.45, 2.75) is 43.0 Å². The van der Waals surface area contributed by atoms with E-state index in [0.29, 0.717) is 5.69 Å². The first-order valence-electron chi connectivity index (χ1n) is 9.10. The number of amides is 1. The van der Waals surface area contributed by atoms with Gasteiger partial charge in [-0.2, -0.15) is 0 Å². The van der Waals surface area contributed by atoms with Crippen LogP contribution in [0.25, 0.3) is 0 Å². The SMILES string of the molecule is O=C([O-])c1ccc(NC(=O)c2cccc(S(=O)(=O)NC3CCCCC3)c2)cc1. The summed E-state index contributed by atoms with van der Waals surface area (Å²) in [6, 6.07) is 11.3. The Morgan fingerprint density at radius 3 is 2.25 bits per heavy atom. The Labute approximate surface area is 163 Å². The molecule has 0 heterocycles. The lowest BCUT2D eigenvalue weighted by molar-refractivity contribution is -0.255. The molecule has 2 aromatic carbocycles. The molecule has 0 aliphatic heterocycles. The molecule has 0 spiro atoms. The zero-order valence-corrected chi connectivity index (χ0v) is 16.0. The predicted molar refractivity (Wildman–Crippen MR) is 102 cm³/mol. The van der Waals surface area contributed by atoms with Gasteiger partial charge in [0.15, 0.2) is 0 Å². The van der Waals surface area contributed by atoms with E-state index in [1.165, 1.54) is 48.5 Å². The van der Waals surface area contributed by atoms with E-state index in [-0.39, 0.29) is 22.1 Å². The van der Waals surface area contributed by atoms with Crippen molar-refractivity contribution in [1.29, 1.82) is 0 Å². The largest absolute Gasteiger partial charge is 0.545 e. The van der Waals surface area contributed by atoms with Crippen molar-refractivity contribution in [3.8, 4) is 0 Å². The topological polar surface area (TPSA) is 115 Å². The third-order valence-corrected chi connectivity index (χ3v) is 6.23. The number of nitrogens with one attached hydrogen (secondary N) is 2. The molecule has 0 bridgehead atoms. The number of carboxylic acids is 1. The molecule has 1 amide bonds. The second kappa shape index (κ2) is 8.53. The zero-order chi connectivity index (χ0) is 20.1. The summed E-state index contributed by atoms with van der Waals surface area (Å²) in [4.78, 5) is 23.3. The third-order valence-electron chi connectivity index (χ3n) is 4.71. The van der Waals surface area contributed by atoms with E-state index in [1.54, 1.807) is 0 Å². The molecule has 0 radical (unpaired) electrons. The van der Waals surface area contributed by atoms with Crippen LogP contribution in [0.3, 0.4) is 0 Å². The second-order valence-electron chi connectivity index (χ2n) is 6.80. The number of aromatic carboxylic acids is 1. The van der Waals surface area contributed by atoms with E-state index in [2.05, 4.69) is 10.0 Å². The minimum absolute atomic E-state index is 0.000114. The van der Waals surface area contributed by atoms with E-state index in [9.17, 15) is 23.1 Å². The smallest absolute Gasteiger partial charge is 0.255 e.